The molecule has 2 aromatic heterocycles. The summed E-state index contributed by atoms with van der Waals surface area (Å²) in [6, 6.07) is 11.1. The average molecular weight is 438 g/mol. The number of hydrogen-bond acceptors (Lipinski definition) is 7. The second kappa shape index (κ2) is 10.6. The van der Waals surface area contributed by atoms with Crippen molar-refractivity contribution in [2.75, 3.05) is 20.3 Å². The van der Waals surface area contributed by atoms with Gasteiger partial charge in [-0.1, -0.05) is 30.3 Å². The summed E-state index contributed by atoms with van der Waals surface area (Å²) in [5.74, 6) is -0.529. The van der Waals surface area contributed by atoms with E-state index in [2.05, 4.69) is 20.1 Å². The second-order valence-corrected chi connectivity index (χ2v) is 7.36. The van der Waals surface area contributed by atoms with Gasteiger partial charge in [0.2, 0.25) is 5.78 Å². The summed E-state index contributed by atoms with van der Waals surface area (Å²) in [5.41, 5.74) is 3.26. The van der Waals surface area contributed by atoms with E-state index < -0.39 is 5.97 Å². The predicted molar refractivity (Wildman–Crippen MR) is 119 cm³/mol. The van der Waals surface area contributed by atoms with Crippen molar-refractivity contribution in [3.05, 3.63) is 64.7 Å². The number of methoxy groups -OCH3 is 1. The first kappa shape index (κ1) is 23.1. The van der Waals surface area contributed by atoms with Gasteiger partial charge in [-0.15, -0.1) is 5.10 Å². The molecule has 32 heavy (non-hydrogen) atoms. The fourth-order valence-corrected chi connectivity index (χ4v) is 3.45. The number of aryl methyl sites for hydroxylation is 2. The molecule has 0 saturated carbocycles. The molecule has 3 aromatic rings. The Hall–Kier alpha value is -3.59. The number of aromatic nitrogens is 5. The molecule has 0 aliphatic rings. The van der Waals surface area contributed by atoms with Crippen LogP contribution in [0.3, 0.4) is 0 Å². The third-order valence-corrected chi connectivity index (χ3v) is 5.10. The van der Waals surface area contributed by atoms with Crippen LogP contribution in [-0.2, 0) is 20.8 Å². The van der Waals surface area contributed by atoms with E-state index in [1.807, 2.05) is 50.2 Å². The summed E-state index contributed by atoms with van der Waals surface area (Å²) in [7, 11) is 1.66. The molecule has 0 aliphatic carbocycles. The molecule has 0 saturated heterocycles. The van der Waals surface area contributed by atoms with Gasteiger partial charge in [0.15, 0.2) is 18.1 Å². The fraction of sp³-hybridized carbons (Fsp3) is 0.348. The van der Waals surface area contributed by atoms with Crippen molar-refractivity contribution < 1.29 is 19.1 Å². The number of ketones is 1. The lowest BCUT2D eigenvalue weighted by molar-refractivity contribution is -0.136. The number of ether oxygens (including phenoxy) is 2. The SMILES string of the molecule is COCCCn1c(C)cc(C(=O)COC(=O)/C(=C/c2ccccc2)n2nnnc2C)c1C. The largest absolute Gasteiger partial charge is 0.453 e. The molecule has 0 spiro atoms. The minimum Gasteiger partial charge on any atom is -0.453 e. The third kappa shape index (κ3) is 5.36. The molecular formula is C23H27N5O4. The molecular weight excluding hydrogens is 410 g/mol. The second-order valence-electron chi connectivity index (χ2n) is 7.36. The Bertz CT molecular complexity index is 1110. The van der Waals surface area contributed by atoms with E-state index in [0.29, 0.717) is 18.0 Å². The summed E-state index contributed by atoms with van der Waals surface area (Å²) in [5, 5.41) is 11.3. The molecule has 0 fully saturated rings. The molecule has 0 atom stereocenters. The number of carbonyl (C=O) groups is 2. The lowest BCUT2D eigenvalue weighted by Gasteiger charge is -2.10. The van der Waals surface area contributed by atoms with Crippen LogP contribution in [0, 0.1) is 20.8 Å². The monoisotopic (exact) mass is 437 g/mol. The van der Waals surface area contributed by atoms with Gasteiger partial charge in [0.25, 0.3) is 0 Å². The lowest BCUT2D eigenvalue weighted by atomic mass is 10.1. The number of tetrazole rings is 1. The Kier molecular flexibility index (Phi) is 7.67. The Morgan fingerprint density at radius 2 is 1.88 bits per heavy atom. The Morgan fingerprint density at radius 3 is 2.53 bits per heavy atom. The topological polar surface area (TPSA) is 101 Å². The number of nitrogens with zero attached hydrogens (tertiary/aromatic N) is 5. The first-order valence-electron chi connectivity index (χ1n) is 10.3. The molecule has 168 valence electrons. The maximum atomic E-state index is 12.9. The number of Topliss-reactive ketones (excluding diaryl/α,β-unsaturated/α-hetero) is 1. The van der Waals surface area contributed by atoms with E-state index in [1.165, 1.54) is 4.68 Å². The van der Waals surface area contributed by atoms with Gasteiger partial charge in [-0.05, 0) is 55.3 Å². The molecule has 0 amide bonds. The molecule has 0 radical (unpaired) electrons. The molecule has 0 unspecified atom stereocenters. The fourth-order valence-electron chi connectivity index (χ4n) is 3.45. The van der Waals surface area contributed by atoms with Crippen LogP contribution in [0.15, 0.2) is 36.4 Å². The van der Waals surface area contributed by atoms with Crippen LogP contribution < -0.4 is 0 Å². The van der Waals surface area contributed by atoms with E-state index in [0.717, 1.165) is 29.9 Å². The van der Waals surface area contributed by atoms with Crippen LogP contribution in [-0.4, -0.2) is 56.9 Å². The van der Waals surface area contributed by atoms with Crippen molar-refractivity contribution in [3.8, 4) is 0 Å². The van der Waals surface area contributed by atoms with Gasteiger partial charge in [-0.25, -0.2) is 4.79 Å². The first-order chi connectivity index (χ1) is 15.4. The number of hydrogen-bond donors (Lipinski definition) is 0. The van der Waals surface area contributed by atoms with Crippen LogP contribution in [0.4, 0.5) is 0 Å². The molecule has 0 bridgehead atoms. The Morgan fingerprint density at radius 1 is 1.12 bits per heavy atom. The van der Waals surface area contributed by atoms with Gasteiger partial charge < -0.3 is 14.0 Å². The molecule has 9 nitrogen and oxygen atoms in total. The van der Waals surface area contributed by atoms with Gasteiger partial charge in [0, 0.05) is 37.2 Å². The Labute approximate surface area is 186 Å². The Balaban J connectivity index is 1.75. The maximum Gasteiger partial charge on any atom is 0.357 e. The first-order valence-corrected chi connectivity index (χ1v) is 10.3. The summed E-state index contributed by atoms with van der Waals surface area (Å²) < 4.78 is 13.8. The van der Waals surface area contributed by atoms with E-state index in [-0.39, 0.29) is 18.1 Å². The average Bonchev–Trinajstić information content (AvgIpc) is 3.34. The molecule has 1 aromatic carbocycles. The van der Waals surface area contributed by atoms with Gasteiger partial charge in [0.05, 0.1) is 0 Å². The van der Waals surface area contributed by atoms with Crippen LogP contribution in [0.2, 0.25) is 0 Å². The van der Waals surface area contributed by atoms with E-state index in [9.17, 15) is 9.59 Å². The number of benzene rings is 1. The van der Waals surface area contributed by atoms with E-state index in [1.54, 1.807) is 20.1 Å². The van der Waals surface area contributed by atoms with Crippen LogP contribution in [0.25, 0.3) is 11.8 Å². The predicted octanol–water partition coefficient (Wildman–Crippen LogP) is 2.86. The van der Waals surface area contributed by atoms with Gasteiger partial charge in [0.1, 0.15) is 0 Å². The van der Waals surface area contributed by atoms with Crippen molar-refractivity contribution in [2.45, 2.75) is 33.7 Å². The minimum absolute atomic E-state index is 0.122. The maximum absolute atomic E-state index is 12.9. The van der Waals surface area contributed by atoms with Gasteiger partial charge >= 0.3 is 5.97 Å². The van der Waals surface area contributed by atoms with Crippen LogP contribution in [0.1, 0.15) is 39.6 Å². The number of carbonyl (C=O) groups excluding carboxylic acids is 2. The van der Waals surface area contributed by atoms with E-state index in [4.69, 9.17) is 9.47 Å². The van der Waals surface area contributed by atoms with Crippen molar-refractivity contribution >= 4 is 23.5 Å². The highest BCUT2D eigenvalue weighted by molar-refractivity contribution is 6.16. The summed E-state index contributed by atoms with van der Waals surface area (Å²) in [6.45, 7) is 6.53. The van der Waals surface area contributed by atoms with Crippen molar-refractivity contribution in [1.82, 2.24) is 24.8 Å². The minimum atomic E-state index is -0.688. The van der Waals surface area contributed by atoms with Crippen LogP contribution >= 0.6 is 0 Å². The van der Waals surface area contributed by atoms with Gasteiger partial charge in [-0.3, -0.25) is 4.79 Å². The normalized spacial score (nSPS) is 11.6. The quantitative estimate of drug-likeness (QED) is 0.208. The highest BCUT2D eigenvalue weighted by atomic mass is 16.5. The van der Waals surface area contributed by atoms with Crippen molar-refractivity contribution in [3.63, 3.8) is 0 Å². The highest BCUT2D eigenvalue weighted by Gasteiger charge is 2.21. The molecule has 3 rings (SSSR count). The molecule has 0 N–H and O–H groups in total. The lowest BCUT2D eigenvalue weighted by Crippen LogP contribution is -2.19. The summed E-state index contributed by atoms with van der Waals surface area (Å²) in [4.78, 5) is 25.7. The smallest absolute Gasteiger partial charge is 0.357 e. The molecule has 9 heteroatoms. The molecule has 2 heterocycles. The van der Waals surface area contributed by atoms with Crippen molar-refractivity contribution in [1.29, 1.82) is 0 Å². The number of esters is 1. The highest BCUT2D eigenvalue weighted by Crippen LogP contribution is 2.18. The third-order valence-electron chi connectivity index (χ3n) is 5.10. The zero-order valence-corrected chi connectivity index (χ0v) is 18.7. The summed E-state index contributed by atoms with van der Waals surface area (Å²) in [6.07, 6.45) is 2.46. The van der Waals surface area contributed by atoms with Gasteiger partial charge in [-0.2, -0.15) is 4.68 Å². The van der Waals surface area contributed by atoms with Crippen LogP contribution in [0.5, 0.6) is 0 Å². The van der Waals surface area contributed by atoms with E-state index >= 15 is 0 Å². The summed E-state index contributed by atoms with van der Waals surface area (Å²) >= 11 is 0. The standard InChI is InChI=1S/C23H27N5O4/c1-16-13-20(17(2)27(16)11-8-12-31-4)22(29)15-32-23(30)21(28-18(3)24-25-26-28)14-19-9-6-5-7-10-19/h5-7,9-10,13-14H,8,11-12,15H2,1-4H3/b21-14-. The number of rotatable bonds is 10. The molecule has 0 aliphatic heterocycles. The zero-order chi connectivity index (χ0) is 23.1. The zero-order valence-electron chi connectivity index (χ0n) is 18.7. The van der Waals surface area contributed by atoms with Crippen molar-refractivity contribution in [2.24, 2.45) is 0 Å².